The molecule has 2 aromatic carbocycles. The van der Waals surface area contributed by atoms with Gasteiger partial charge in [-0.3, -0.25) is 0 Å². The van der Waals surface area contributed by atoms with Gasteiger partial charge in [0.15, 0.2) is 0 Å². The highest BCUT2D eigenvalue weighted by Gasteiger charge is 2.12. The molecule has 3 rings (SSSR count). The summed E-state index contributed by atoms with van der Waals surface area (Å²) in [6.07, 6.45) is 1.99. The van der Waals surface area contributed by atoms with Crippen LogP contribution in [0.25, 0.3) is 10.9 Å². The largest absolute Gasteiger partial charge is 0.497 e. The summed E-state index contributed by atoms with van der Waals surface area (Å²) < 4.78 is 12.1. The third kappa shape index (κ3) is 2.55. The molecule has 0 N–H and O–H groups in total. The van der Waals surface area contributed by atoms with Crippen LogP contribution in [0.2, 0.25) is 0 Å². The van der Waals surface area contributed by atoms with E-state index >= 15 is 0 Å². The smallest absolute Gasteiger partial charge is 0.338 e. The molecule has 0 saturated heterocycles. The fourth-order valence-corrected chi connectivity index (χ4v) is 2.58. The number of fused-ring (bicyclic) bond motifs is 1. The molecular weight excluding hydrogens is 278 g/mol. The molecule has 1 aromatic heterocycles. The van der Waals surface area contributed by atoms with Gasteiger partial charge in [0.05, 0.1) is 19.8 Å². The molecule has 0 fully saturated rings. The number of rotatable bonds is 4. The Kier molecular flexibility index (Phi) is 3.83. The van der Waals surface area contributed by atoms with E-state index in [4.69, 9.17) is 9.47 Å². The van der Waals surface area contributed by atoms with Crippen molar-refractivity contribution in [2.45, 2.75) is 6.54 Å². The highest BCUT2D eigenvalue weighted by molar-refractivity contribution is 6.03. The molecule has 0 atom stereocenters. The van der Waals surface area contributed by atoms with E-state index in [9.17, 15) is 4.79 Å². The van der Waals surface area contributed by atoms with Gasteiger partial charge in [-0.15, -0.1) is 0 Å². The zero-order valence-electron chi connectivity index (χ0n) is 12.6. The van der Waals surface area contributed by atoms with E-state index in [-0.39, 0.29) is 5.97 Å². The quantitative estimate of drug-likeness (QED) is 0.692. The minimum Gasteiger partial charge on any atom is -0.497 e. The van der Waals surface area contributed by atoms with Gasteiger partial charge in [0, 0.05) is 23.6 Å². The first-order chi connectivity index (χ1) is 10.7. The summed E-state index contributed by atoms with van der Waals surface area (Å²) in [4.78, 5) is 11.8. The molecule has 0 bridgehead atoms. The first-order valence-corrected chi connectivity index (χ1v) is 7.02. The maximum Gasteiger partial charge on any atom is 0.338 e. The Bertz CT molecular complexity index is 803. The maximum atomic E-state index is 11.8. The van der Waals surface area contributed by atoms with Gasteiger partial charge in [0.25, 0.3) is 0 Å². The topological polar surface area (TPSA) is 40.5 Å². The van der Waals surface area contributed by atoms with Gasteiger partial charge in [-0.2, -0.15) is 0 Å². The Balaban J connectivity index is 1.96. The van der Waals surface area contributed by atoms with E-state index in [2.05, 4.69) is 4.57 Å². The molecule has 3 aromatic rings. The van der Waals surface area contributed by atoms with Gasteiger partial charge in [0.1, 0.15) is 5.75 Å². The number of aromatic nitrogens is 1. The van der Waals surface area contributed by atoms with Crippen molar-refractivity contribution >= 4 is 16.9 Å². The monoisotopic (exact) mass is 295 g/mol. The molecule has 4 heteroatoms. The highest BCUT2D eigenvalue weighted by Crippen LogP contribution is 2.22. The van der Waals surface area contributed by atoms with Crippen LogP contribution in [0.1, 0.15) is 15.9 Å². The van der Waals surface area contributed by atoms with E-state index in [1.807, 2.05) is 48.7 Å². The Hall–Kier alpha value is -2.75. The molecule has 22 heavy (non-hydrogen) atoms. The van der Waals surface area contributed by atoms with Crippen molar-refractivity contribution in [3.8, 4) is 5.75 Å². The van der Waals surface area contributed by atoms with Crippen molar-refractivity contribution in [2.24, 2.45) is 0 Å². The predicted octanol–water partition coefficient (Wildman–Crippen LogP) is 3.48. The molecular formula is C18H17NO3. The van der Waals surface area contributed by atoms with Crippen LogP contribution in [0.4, 0.5) is 0 Å². The lowest BCUT2D eigenvalue weighted by atomic mass is 10.1. The van der Waals surface area contributed by atoms with Gasteiger partial charge < -0.3 is 14.0 Å². The summed E-state index contributed by atoms with van der Waals surface area (Å²) >= 11 is 0. The van der Waals surface area contributed by atoms with Crippen LogP contribution in [0, 0.1) is 0 Å². The summed E-state index contributed by atoms with van der Waals surface area (Å²) in [7, 11) is 3.05. The van der Waals surface area contributed by atoms with Gasteiger partial charge in [-0.05, 0) is 35.9 Å². The van der Waals surface area contributed by atoms with Crippen LogP contribution in [0.5, 0.6) is 5.75 Å². The lowest BCUT2D eigenvalue weighted by molar-refractivity contribution is 0.0603. The number of carbonyl (C=O) groups is 1. The molecule has 0 radical (unpaired) electrons. The average Bonchev–Trinajstić information content (AvgIpc) is 2.98. The maximum absolute atomic E-state index is 11.8. The first-order valence-electron chi connectivity index (χ1n) is 7.02. The Labute approximate surface area is 128 Å². The Morgan fingerprint density at radius 3 is 2.50 bits per heavy atom. The van der Waals surface area contributed by atoms with Gasteiger partial charge in [0.2, 0.25) is 0 Å². The predicted molar refractivity (Wildman–Crippen MR) is 85.4 cm³/mol. The number of benzene rings is 2. The number of nitrogens with zero attached hydrogens (tertiary/aromatic N) is 1. The van der Waals surface area contributed by atoms with Crippen molar-refractivity contribution in [3.05, 3.63) is 65.9 Å². The van der Waals surface area contributed by atoms with Crippen LogP contribution in [0.3, 0.4) is 0 Å². The number of carbonyl (C=O) groups excluding carboxylic acids is 1. The second-order valence-corrected chi connectivity index (χ2v) is 5.02. The van der Waals surface area contributed by atoms with E-state index in [1.54, 1.807) is 13.2 Å². The molecule has 4 nitrogen and oxygen atoms in total. The second kappa shape index (κ2) is 5.93. The lowest BCUT2D eigenvalue weighted by Gasteiger charge is -2.08. The Morgan fingerprint density at radius 1 is 1.05 bits per heavy atom. The first kappa shape index (κ1) is 14.2. The zero-order chi connectivity index (χ0) is 15.5. The van der Waals surface area contributed by atoms with Crippen molar-refractivity contribution in [1.29, 1.82) is 0 Å². The number of methoxy groups -OCH3 is 2. The molecule has 0 aliphatic rings. The summed E-state index contributed by atoms with van der Waals surface area (Å²) in [6.45, 7) is 0.734. The molecule has 0 aliphatic heterocycles. The SMILES string of the molecule is COC(=O)c1cccc2c1ccn2Cc1ccc(OC)cc1. The molecule has 0 saturated carbocycles. The zero-order valence-corrected chi connectivity index (χ0v) is 12.6. The van der Waals surface area contributed by atoms with E-state index < -0.39 is 0 Å². The van der Waals surface area contributed by atoms with Crippen molar-refractivity contribution in [2.75, 3.05) is 14.2 Å². The van der Waals surface area contributed by atoms with E-state index in [1.165, 1.54) is 12.7 Å². The van der Waals surface area contributed by atoms with Crippen LogP contribution in [-0.4, -0.2) is 24.8 Å². The summed E-state index contributed by atoms with van der Waals surface area (Å²) in [5, 5.41) is 0.905. The van der Waals surface area contributed by atoms with Gasteiger partial charge in [-0.1, -0.05) is 18.2 Å². The summed E-state index contributed by atoms with van der Waals surface area (Å²) in [5.74, 6) is 0.530. The van der Waals surface area contributed by atoms with Crippen molar-refractivity contribution in [3.63, 3.8) is 0 Å². The molecule has 0 amide bonds. The number of ether oxygens (including phenoxy) is 2. The normalized spacial score (nSPS) is 10.6. The van der Waals surface area contributed by atoms with Crippen LogP contribution in [0.15, 0.2) is 54.7 Å². The molecule has 0 spiro atoms. The third-order valence-corrected chi connectivity index (χ3v) is 3.73. The molecule has 0 aliphatic carbocycles. The minimum absolute atomic E-state index is 0.312. The van der Waals surface area contributed by atoms with Crippen molar-refractivity contribution in [1.82, 2.24) is 4.57 Å². The van der Waals surface area contributed by atoms with E-state index in [0.717, 1.165) is 23.2 Å². The highest BCUT2D eigenvalue weighted by atomic mass is 16.5. The minimum atomic E-state index is -0.312. The standard InChI is InChI=1S/C18H17NO3/c1-21-14-8-6-13(7-9-14)12-19-11-10-15-16(18(20)22-2)4-3-5-17(15)19/h3-11H,12H2,1-2H3. The fraction of sp³-hybridized carbons (Fsp3) is 0.167. The van der Waals surface area contributed by atoms with Crippen LogP contribution >= 0.6 is 0 Å². The Morgan fingerprint density at radius 2 is 1.82 bits per heavy atom. The van der Waals surface area contributed by atoms with Gasteiger partial charge in [-0.25, -0.2) is 4.79 Å². The molecule has 0 unspecified atom stereocenters. The van der Waals surface area contributed by atoms with Gasteiger partial charge >= 0.3 is 5.97 Å². The van der Waals surface area contributed by atoms with Crippen LogP contribution < -0.4 is 4.74 Å². The number of esters is 1. The summed E-state index contributed by atoms with van der Waals surface area (Å²) in [5.41, 5.74) is 2.77. The third-order valence-electron chi connectivity index (χ3n) is 3.73. The average molecular weight is 295 g/mol. The fourth-order valence-electron chi connectivity index (χ4n) is 2.58. The summed E-state index contributed by atoms with van der Waals surface area (Å²) in [6, 6.07) is 15.6. The lowest BCUT2D eigenvalue weighted by Crippen LogP contribution is -2.02. The molecule has 1 heterocycles. The number of hydrogen-bond acceptors (Lipinski definition) is 3. The number of hydrogen-bond donors (Lipinski definition) is 0. The second-order valence-electron chi connectivity index (χ2n) is 5.02. The van der Waals surface area contributed by atoms with Crippen molar-refractivity contribution < 1.29 is 14.3 Å². The molecule has 112 valence electrons. The van der Waals surface area contributed by atoms with Crippen LogP contribution in [-0.2, 0) is 11.3 Å². The van der Waals surface area contributed by atoms with E-state index in [0.29, 0.717) is 5.56 Å².